The third kappa shape index (κ3) is 3.94. The molecule has 0 spiro atoms. The molecule has 1 aliphatic heterocycles. The summed E-state index contributed by atoms with van der Waals surface area (Å²) in [5, 5.41) is 7.34. The Kier molecular flexibility index (Phi) is 5.59. The Hall–Kier alpha value is -2.24. The molecular weight excluding hydrogens is 358 g/mol. The van der Waals surface area contributed by atoms with Crippen LogP contribution >= 0.6 is 0 Å². The third-order valence-corrected chi connectivity index (χ3v) is 6.41. The van der Waals surface area contributed by atoms with Crippen molar-refractivity contribution >= 4 is 11.0 Å². The quantitative estimate of drug-likeness (QED) is 0.574. The molecule has 0 amide bonds. The largest absolute Gasteiger partial charge is 0.327 e. The first-order valence-electron chi connectivity index (χ1n) is 11.2. The fourth-order valence-corrected chi connectivity index (χ4v) is 4.97. The number of unbranched alkanes of at least 4 members (excludes halogenated alkanes) is 1. The molecule has 2 N–H and O–H groups in total. The summed E-state index contributed by atoms with van der Waals surface area (Å²) in [5.41, 5.74) is 6.68. The van der Waals surface area contributed by atoms with Gasteiger partial charge in [0.1, 0.15) is 5.82 Å². The highest BCUT2D eigenvalue weighted by Gasteiger charge is 2.20. The van der Waals surface area contributed by atoms with E-state index in [1.54, 1.807) is 0 Å². The van der Waals surface area contributed by atoms with Crippen molar-refractivity contribution in [2.45, 2.75) is 64.1 Å². The van der Waals surface area contributed by atoms with E-state index in [9.17, 15) is 0 Å². The molecule has 0 radical (unpaired) electrons. The number of nitrogens with one attached hydrogen (secondary N) is 2. The van der Waals surface area contributed by atoms with Crippen LogP contribution in [0.4, 0.5) is 0 Å². The Balaban J connectivity index is 1.07. The Bertz CT molecular complexity index is 977. The van der Waals surface area contributed by atoms with Gasteiger partial charge in [0, 0.05) is 18.8 Å². The van der Waals surface area contributed by atoms with Crippen molar-refractivity contribution in [2.75, 3.05) is 13.1 Å². The van der Waals surface area contributed by atoms with Crippen molar-refractivity contribution in [1.29, 1.82) is 0 Å². The Morgan fingerprint density at radius 3 is 2.90 bits per heavy atom. The van der Waals surface area contributed by atoms with Crippen LogP contribution in [0.1, 0.15) is 60.8 Å². The molecule has 3 heterocycles. The molecule has 1 unspecified atom stereocenters. The average molecular weight is 390 g/mol. The van der Waals surface area contributed by atoms with E-state index in [0.29, 0.717) is 6.04 Å². The molecule has 2 aliphatic rings. The molecule has 3 aromatic rings. The number of rotatable bonds is 8. The lowest BCUT2D eigenvalue weighted by Crippen LogP contribution is -2.27. The van der Waals surface area contributed by atoms with Crippen LogP contribution in [-0.4, -0.2) is 27.6 Å². The maximum Gasteiger partial charge on any atom is 0.123 e. The summed E-state index contributed by atoms with van der Waals surface area (Å²) in [6.45, 7) is 4.06. The van der Waals surface area contributed by atoms with E-state index in [4.69, 9.17) is 4.98 Å². The molecule has 5 nitrogen and oxygen atoms in total. The molecule has 29 heavy (non-hydrogen) atoms. The molecule has 0 saturated heterocycles. The number of aryl methyl sites for hydroxylation is 3. The average Bonchev–Trinajstić information content (AvgIpc) is 3.13. The summed E-state index contributed by atoms with van der Waals surface area (Å²) in [4.78, 5) is 9.51. The van der Waals surface area contributed by atoms with Gasteiger partial charge in [0.25, 0.3) is 0 Å². The zero-order valence-electron chi connectivity index (χ0n) is 17.2. The van der Waals surface area contributed by atoms with Gasteiger partial charge in [-0.1, -0.05) is 18.2 Å². The topological polar surface area (TPSA) is 54.8 Å². The first kappa shape index (κ1) is 18.8. The summed E-state index contributed by atoms with van der Waals surface area (Å²) in [6, 6.07) is 11.3. The number of benzene rings is 1. The minimum absolute atomic E-state index is 0.438. The Morgan fingerprint density at radius 1 is 1.00 bits per heavy atom. The lowest BCUT2D eigenvalue weighted by molar-refractivity contribution is 0.439. The van der Waals surface area contributed by atoms with Gasteiger partial charge < -0.3 is 15.2 Å². The lowest BCUT2D eigenvalue weighted by Gasteiger charge is -2.25. The fourth-order valence-electron chi connectivity index (χ4n) is 4.97. The van der Waals surface area contributed by atoms with Crippen LogP contribution in [-0.2, 0) is 25.9 Å². The summed E-state index contributed by atoms with van der Waals surface area (Å²) in [6.07, 6.45) is 10.4. The van der Waals surface area contributed by atoms with Crippen molar-refractivity contribution in [3.63, 3.8) is 0 Å². The molecule has 0 fully saturated rings. The van der Waals surface area contributed by atoms with Crippen LogP contribution in [0.25, 0.3) is 11.0 Å². The maximum absolute atomic E-state index is 4.88. The predicted octanol–water partition coefficient (Wildman–Crippen LogP) is 3.91. The van der Waals surface area contributed by atoms with E-state index < -0.39 is 0 Å². The number of nitrogens with zero attached hydrogens (tertiary/aromatic N) is 3. The van der Waals surface area contributed by atoms with Crippen LogP contribution in [0, 0.1) is 0 Å². The van der Waals surface area contributed by atoms with E-state index >= 15 is 0 Å². The van der Waals surface area contributed by atoms with E-state index in [1.807, 2.05) is 6.20 Å². The van der Waals surface area contributed by atoms with Gasteiger partial charge in [-0.05, 0) is 81.3 Å². The van der Waals surface area contributed by atoms with Crippen LogP contribution in [0.5, 0.6) is 0 Å². The van der Waals surface area contributed by atoms with Crippen molar-refractivity contribution < 1.29 is 0 Å². The number of hydrogen-bond donors (Lipinski definition) is 2. The number of aromatic nitrogens is 3. The minimum atomic E-state index is 0.438. The summed E-state index contributed by atoms with van der Waals surface area (Å²) in [7, 11) is 0. The molecule has 0 saturated carbocycles. The monoisotopic (exact) mass is 389 g/mol. The summed E-state index contributed by atoms with van der Waals surface area (Å²) < 4.78 is 2.43. The van der Waals surface area contributed by atoms with Crippen molar-refractivity contribution in [2.24, 2.45) is 0 Å². The number of pyridine rings is 1. The molecule has 0 bridgehead atoms. The molecular formula is C24H31N5. The maximum atomic E-state index is 4.88. The zero-order chi connectivity index (χ0) is 19.5. The predicted molar refractivity (Wildman–Crippen MR) is 117 cm³/mol. The molecule has 5 heteroatoms. The first-order chi connectivity index (χ1) is 14.4. The van der Waals surface area contributed by atoms with Gasteiger partial charge >= 0.3 is 0 Å². The number of fused-ring (bicyclic) bond motifs is 1. The number of para-hydroxylation sites is 1. The molecule has 1 aliphatic carbocycles. The number of hydrogen-bond acceptors (Lipinski definition) is 4. The second-order valence-corrected chi connectivity index (χ2v) is 8.40. The van der Waals surface area contributed by atoms with E-state index in [0.717, 1.165) is 31.7 Å². The lowest BCUT2D eigenvalue weighted by atomic mass is 9.92. The van der Waals surface area contributed by atoms with Gasteiger partial charge in [-0.25, -0.2) is 4.98 Å². The van der Waals surface area contributed by atoms with Crippen LogP contribution < -0.4 is 10.6 Å². The molecule has 5 rings (SSSR count). The normalized spacial score (nSPS) is 18.1. The molecule has 152 valence electrons. The SMILES string of the molecule is c1cnc2c(c1)CCCC2NCCCCNCc1nc2cccc3c2n1CCC3. The van der Waals surface area contributed by atoms with Gasteiger partial charge in [0.2, 0.25) is 0 Å². The van der Waals surface area contributed by atoms with E-state index in [2.05, 4.69) is 50.5 Å². The molecule has 1 aromatic carbocycles. The second kappa shape index (κ2) is 8.64. The van der Waals surface area contributed by atoms with Crippen molar-refractivity contribution in [3.05, 3.63) is 59.2 Å². The van der Waals surface area contributed by atoms with Crippen molar-refractivity contribution in [3.8, 4) is 0 Å². The van der Waals surface area contributed by atoms with Gasteiger partial charge in [-0.15, -0.1) is 0 Å². The second-order valence-electron chi connectivity index (χ2n) is 8.40. The fraction of sp³-hybridized carbons (Fsp3) is 0.500. The summed E-state index contributed by atoms with van der Waals surface area (Å²) in [5.74, 6) is 1.19. The highest BCUT2D eigenvalue weighted by Crippen LogP contribution is 2.28. The van der Waals surface area contributed by atoms with Crippen LogP contribution in [0.15, 0.2) is 36.5 Å². The zero-order valence-corrected chi connectivity index (χ0v) is 17.2. The van der Waals surface area contributed by atoms with Gasteiger partial charge in [0.15, 0.2) is 0 Å². The first-order valence-corrected chi connectivity index (χ1v) is 11.2. The van der Waals surface area contributed by atoms with E-state index in [-0.39, 0.29) is 0 Å². The highest BCUT2D eigenvalue weighted by molar-refractivity contribution is 5.80. The van der Waals surface area contributed by atoms with E-state index in [1.165, 1.54) is 73.1 Å². The van der Waals surface area contributed by atoms with Crippen molar-refractivity contribution in [1.82, 2.24) is 25.2 Å². The standard InChI is InChI=1S/C24H31N5/c1(2-14-26-20-11-3-7-18-9-5-15-27-23(18)20)13-25-17-22-28-21-12-4-8-19-10-6-16-29(22)24(19)21/h4-5,8-9,12,15,20,25-26H,1-3,6-7,10-11,13-14,16-17H2. The third-order valence-electron chi connectivity index (χ3n) is 6.41. The van der Waals surface area contributed by atoms with Gasteiger partial charge in [-0.3, -0.25) is 4.98 Å². The van der Waals surface area contributed by atoms with Gasteiger partial charge in [-0.2, -0.15) is 0 Å². The highest BCUT2D eigenvalue weighted by atomic mass is 15.1. The Labute approximate surface area is 172 Å². The number of imidazole rings is 1. The van der Waals surface area contributed by atoms with Gasteiger partial charge in [0.05, 0.1) is 23.3 Å². The smallest absolute Gasteiger partial charge is 0.123 e. The molecule has 1 atom stereocenters. The minimum Gasteiger partial charge on any atom is -0.327 e. The van der Waals surface area contributed by atoms with Crippen LogP contribution in [0.3, 0.4) is 0 Å². The Morgan fingerprint density at radius 2 is 1.90 bits per heavy atom. The van der Waals surface area contributed by atoms with Crippen LogP contribution in [0.2, 0.25) is 0 Å². The molecule has 2 aromatic heterocycles. The summed E-state index contributed by atoms with van der Waals surface area (Å²) >= 11 is 0.